The highest BCUT2D eigenvalue weighted by atomic mass is 19.1. The molecule has 1 fully saturated rings. The van der Waals surface area contributed by atoms with E-state index in [2.05, 4.69) is 5.32 Å². The normalized spacial score (nSPS) is 14.8. The number of nitrogens with zero attached hydrogens (tertiary/aromatic N) is 3. The summed E-state index contributed by atoms with van der Waals surface area (Å²) in [5.41, 5.74) is 3.55. The van der Waals surface area contributed by atoms with E-state index in [-0.39, 0.29) is 29.6 Å². The van der Waals surface area contributed by atoms with Gasteiger partial charge in [0.05, 0.1) is 11.4 Å². The molecule has 0 saturated carbocycles. The Kier molecular flexibility index (Phi) is 8.72. The molecule has 1 aromatic heterocycles. The maximum absolute atomic E-state index is 15.4. The molecule has 8 nitrogen and oxygen atoms in total. The molecule has 5 aromatic carbocycles. The number of piperidine rings is 1. The number of halogens is 1. The lowest BCUT2D eigenvalue weighted by Gasteiger charge is -2.37. The molecule has 2 amide bonds. The lowest BCUT2D eigenvalue weighted by molar-refractivity contribution is -0.121. The molecule has 50 heavy (non-hydrogen) atoms. The van der Waals surface area contributed by atoms with Gasteiger partial charge in [-0.15, -0.1) is 0 Å². The molecular formula is C41H35FN4O4. The summed E-state index contributed by atoms with van der Waals surface area (Å²) in [6.07, 6.45) is 0.0363. The highest BCUT2D eigenvalue weighted by Crippen LogP contribution is 2.44. The van der Waals surface area contributed by atoms with Gasteiger partial charge in [-0.3, -0.25) is 9.59 Å². The van der Waals surface area contributed by atoms with Gasteiger partial charge in [-0.2, -0.15) is 5.10 Å². The van der Waals surface area contributed by atoms with Gasteiger partial charge >= 0.3 is 6.09 Å². The Labute approximate surface area is 288 Å². The number of hydrogen-bond donors (Lipinski definition) is 2. The molecular weight excluding hydrogens is 631 g/mol. The van der Waals surface area contributed by atoms with Crippen LogP contribution in [0.4, 0.5) is 15.0 Å². The molecule has 0 radical (unpaired) electrons. The van der Waals surface area contributed by atoms with Crippen molar-refractivity contribution in [2.75, 3.05) is 18.4 Å². The van der Waals surface area contributed by atoms with Gasteiger partial charge in [0, 0.05) is 29.6 Å². The monoisotopic (exact) mass is 666 g/mol. The van der Waals surface area contributed by atoms with Crippen LogP contribution in [0.5, 0.6) is 0 Å². The molecule has 0 aliphatic carbocycles. The Bertz CT molecular complexity index is 2110. The van der Waals surface area contributed by atoms with E-state index in [1.54, 1.807) is 12.1 Å². The Morgan fingerprint density at radius 1 is 0.820 bits per heavy atom. The summed E-state index contributed by atoms with van der Waals surface area (Å²) >= 11 is 0. The number of nitrogens with one attached hydrogen (secondary N) is 1. The van der Waals surface area contributed by atoms with Gasteiger partial charge in [-0.25, -0.2) is 13.9 Å². The van der Waals surface area contributed by atoms with Gasteiger partial charge in [0.1, 0.15) is 11.4 Å². The van der Waals surface area contributed by atoms with Crippen LogP contribution < -0.4 is 5.32 Å². The van der Waals surface area contributed by atoms with Gasteiger partial charge in [0.25, 0.3) is 0 Å². The maximum atomic E-state index is 15.4. The first-order valence-corrected chi connectivity index (χ1v) is 16.6. The summed E-state index contributed by atoms with van der Waals surface area (Å²) in [4.78, 5) is 39.2. The van der Waals surface area contributed by atoms with Crippen LogP contribution in [0.3, 0.4) is 0 Å². The van der Waals surface area contributed by atoms with Crippen molar-refractivity contribution in [2.45, 2.75) is 25.3 Å². The minimum Gasteiger partial charge on any atom is -0.465 e. The Morgan fingerprint density at radius 2 is 1.42 bits per heavy atom. The summed E-state index contributed by atoms with van der Waals surface area (Å²) in [6, 6.07) is 39.7. The standard InChI is InChI=1S/C41H35FN4O4/c1-27(47)28-19-21-36(42)34(24-28)29-20-22-37-35(25-29)38(43-39(48)30-12-11-23-45(26-30)40(49)50)44-46(37)41(31-13-5-2-6-14-31,32-15-7-3-8-16-32)33-17-9-4-10-18-33/h2-10,13-22,24-25,30H,11-12,23,26H2,1H3,(H,49,50)(H,43,44,48). The van der Waals surface area contributed by atoms with E-state index in [0.717, 1.165) is 16.7 Å². The van der Waals surface area contributed by atoms with Crippen LogP contribution >= 0.6 is 0 Å². The van der Waals surface area contributed by atoms with E-state index in [4.69, 9.17) is 5.10 Å². The number of benzene rings is 5. The molecule has 0 spiro atoms. The van der Waals surface area contributed by atoms with Gasteiger partial charge in [-0.05, 0) is 72.4 Å². The van der Waals surface area contributed by atoms with Gasteiger partial charge in [0.15, 0.2) is 11.6 Å². The number of ketones is 1. The predicted octanol–water partition coefficient (Wildman–Crippen LogP) is 8.21. The molecule has 1 aliphatic rings. The number of aromatic nitrogens is 2. The largest absolute Gasteiger partial charge is 0.465 e. The average molecular weight is 667 g/mol. The number of likely N-dealkylation sites (tertiary alicyclic amines) is 1. The first-order valence-electron chi connectivity index (χ1n) is 16.6. The van der Waals surface area contributed by atoms with Crippen molar-refractivity contribution in [3.8, 4) is 11.1 Å². The lowest BCUT2D eigenvalue weighted by Crippen LogP contribution is -2.43. The molecule has 250 valence electrons. The SMILES string of the molecule is CC(=O)c1ccc(F)c(-c2ccc3c(c2)c(NC(=O)C2CCCN(C(=O)O)C2)nn3C(c2ccccc2)(c2ccccc2)c2ccccc2)c1. The number of anilines is 1. The molecule has 9 heteroatoms. The van der Waals surface area contributed by atoms with E-state index >= 15 is 4.39 Å². The number of carboxylic acid groups (broad SMARTS) is 1. The Hall–Kier alpha value is -6.09. The number of Topliss-reactive ketones (excluding diaryl/α,β-unsaturated/α-hetero) is 1. The van der Waals surface area contributed by atoms with Crippen molar-refractivity contribution >= 4 is 34.5 Å². The molecule has 1 aliphatic heterocycles. The number of hydrogen-bond acceptors (Lipinski definition) is 4. The zero-order chi connectivity index (χ0) is 34.8. The molecule has 7 rings (SSSR count). The fourth-order valence-corrected chi connectivity index (χ4v) is 7.09. The van der Waals surface area contributed by atoms with Crippen LogP contribution in [-0.4, -0.2) is 50.7 Å². The number of carbonyl (C=O) groups excluding carboxylic acids is 2. The molecule has 2 heterocycles. The van der Waals surface area contributed by atoms with E-state index in [0.29, 0.717) is 41.4 Å². The summed E-state index contributed by atoms with van der Waals surface area (Å²) in [6.45, 7) is 1.89. The lowest BCUT2D eigenvalue weighted by atomic mass is 9.77. The molecule has 2 N–H and O–H groups in total. The number of rotatable bonds is 8. The third-order valence-electron chi connectivity index (χ3n) is 9.56. The van der Waals surface area contributed by atoms with Gasteiger partial charge < -0.3 is 15.3 Å². The maximum Gasteiger partial charge on any atom is 0.407 e. The quantitative estimate of drug-likeness (QED) is 0.126. The zero-order valence-electron chi connectivity index (χ0n) is 27.4. The highest BCUT2D eigenvalue weighted by molar-refractivity contribution is 6.03. The van der Waals surface area contributed by atoms with Gasteiger partial charge in [0.2, 0.25) is 5.91 Å². The molecule has 0 bridgehead atoms. The van der Waals surface area contributed by atoms with Crippen molar-refractivity contribution in [1.82, 2.24) is 14.7 Å². The molecule has 1 saturated heterocycles. The predicted molar refractivity (Wildman–Crippen MR) is 191 cm³/mol. The second kappa shape index (κ2) is 13.4. The zero-order valence-corrected chi connectivity index (χ0v) is 27.4. The number of amides is 2. The van der Waals surface area contributed by atoms with E-state index in [1.165, 1.54) is 30.0 Å². The van der Waals surface area contributed by atoms with Crippen LogP contribution in [0.15, 0.2) is 127 Å². The minimum absolute atomic E-state index is 0.0795. The van der Waals surface area contributed by atoms with E-state index < -0.39 is 23.4 Å². The van der Waals surface area contributed by atoms with Crippen molar-refractivity contribution in [2.24, 2.45) is 5.92 Å². The van der Waals surface area contributed by atoms with Gasteiger partial charge in [-0.1, -0.05) is 97.1 Å². The third kappa shape index (κ3) is 5.81. The Balaban J connectivity index is 1.49. The van der Waals surface area contributed by atoms with Crippen molar-refractivity contribution in [3.63, 3.8) is 0 Å². The first-order chi connectivity index (χ1) is 24.3. The summed E-state index contributed by atoms with van der Waals surface area (Å²) in [5, 5.41) is 18.4. The minimum atomic E-state index is -1.06. The van der Waals surface area contributed by atoms with E-state index in [9.17, 15) is 19.5 Å². The van der Waals surface area contributed by atoms with Crippen molar-refractivity contribution < 1.29 is 23.9 Å². The van der Waals surface area contributed by atoms with Crippen molar-refractivity contribution in [3.05, 3.63) is 155 Å². The summed E-state index contributed by atoms with van der Waals surface area (Å²) in [5.74, 6) is -1.34. The fraction of sp³-hybridized carbons (Fsp3) is 0.171. The van der Waals surface area contributed by atoms with Crippen LogP contribution in [0.1, 0.15) is 46.8 Å². The Morgan fingerprint density at radius 3 is 1.98 bits per heavy atom. The third-order valence-corrected chi connectivity index (χ3v) is 9.56. The number of fused-ring (bicyclic) bond motifs is 1. The van der Waals surface area contributed by atoms with Crippen LogP contribution in [0, 0.1) is 11.7 Å². The molecule has 6 aromatic rings. The molecule has 1 atom stereocenters. The second-order valence-electron chi connectivity index (χ2n) is 12.6. The highest BCUT2D eigenvalue weighted by Gasteiger charge is 2.41. The van der Waals surface area contributed by atoms with Crippen molar-refractivity contribution in [1.29, 1.82) is 0 Å². The van der Waals surface area contributed by atoms with Crippen LogP contribution in [0.25, 0.3) is 22.0 Å². The topological polar surface area (TPSA) is 105 Å². The summed E-state index contributed by atoms with van der Waals surface area (Å²) in [7, 11) is 0. The fourth-order valence-electron chi connectivity index (χ4n) is 7.09. The molecule has 1 unspecified atom stereocenters. The van der Waals surface area contributed by atoms with Crippen LogP contribution in [0.2, 0.25) is 0 Å². The van der Waals surface area contributed by atoms with E-state index in [1.807, 2.05) is 102 Å². The summed E-state index contributed by atoms with van der Waals surface area (Å²) < 4.78 is 17.3. The first kappa shape index (κ1) is 32.5. The smallest absolute Gasteiger partial charge is 0.407 e. The number of carbonyl (C=O) groups is 3. The second-order valence-corrected chi connectivity index (χ2v) is 12.6. The average Bonchev–Trinajstić information content (AvgIpc) is 3.50. The van der Waals surface area contributed by atoms with Crippen LogP contribution in [-0.2, 0) is 10.3 Å².